The van der Waals surface area contributed by atoms with Gasteiger partial charge in [0.15, 0.2) is 0 Å². The Hall–Kier alpha value is -1.36. The molecule has 0 aromatic carbocycles. The average molecular weight is 249 g/mol. The largest absolute Gasteiger partial charge is 0.367 e. The van der Waals surface area contributed by atoms with Gasteiger partial charge in [-0.3, -0.25) is 0 Å². The first-order valence-electron chi connectivity index (χ1n) is 6.79. The van der Waals surface area contributed by atoms with Crippen molar-refractivity contribution in [2.75, 3.05) is 30.4 Å². The first kappa shape index (κ1) is 13.1. The van der Waals surface area contributed by atoms with Crippen molar-refractivity contribution in [3.8, 4) is 0 Å². The number of likely N-dealkylation sites (N-methyl/N-ethyl adjacent to an activating group) is 1. The lowest BCUT2D eigenvalue weighted by atomic mass is 9.95. The van der Waals surface area contributed by atoms with Crippen LogP contribution >= 0.6 is 0 Å². The van der Waals surface area contributed by atoms with Crippen molar-refractivity contribution in [3.05, 3.63) is 12.4 Å². The summed E-state index contributed by atoms with van der Waals surface area (Å²) in [6.07, 6.45) is 8.13. The molecule has 1 heterocycles. The van der Waals surface area contributed by atoms with Gasteiger partial charge in [0.1, 0.15) is 18.0 Å². The van der Waals surface area contributed by atoms with Gasteiger partial charge < -0.3 is 16.0 Å². The van der Waals surface area contributed by atoms with E-state index in [4.69, 9.17) is 5.73 Å². The van der Waals surface area contributed by atoms with Crippen LogP contribution in [0.5, 0.6) is 0 Å². The number of nitrogens with two attached hydrogens (primary N) is 1. The van der Waals surface area contributed by atoms with Crippen molar-refractivity contribution in [1.82, 2.24) is 9.97 Å². The van der Waals surface area contributed by atoms with E-state index in [1.807, 2.05) is 18.0 Å². The van der Waals surface area contributed by atoms with Crippen molar-refractivity contribution < 1.29 is 0 Å². The maximum absolute atomic E-state index is 5.55. The maximum atomic E-state index is 5.55. The second kappa shape index (κ2) is 6.54. The van der Waals surface area contributed by atoms with Gasteiger partial charge in [-0.2, -0.15) is 0 Å². The van der Waals surface area contributed by atoms with Crippen molar-refractivity contribution >= 4 is 11.6 Å². The van der Waals surface area contributed by atoms with E-state index >= 15 is 0 Å². The monoisotopic (exact) mass is 249 g/mol. The number of hydrogen-bond acceptors (Lipinski definition) is 5. The first-order chi connectivity index (χ1) is 8.79. The number of anilines is 2. The zero-order valence-electron chi connectivity index (χ0n) is 11.1. The van der Waals surface area contributed by atoms with E-state index in [0.29, 0.717) is 12.6 Å². The second-order valence-corrected chi connectivity index (χ2v) is 4.95. The third-order valence-electron chi connectivity index (χ3n) is 3.47. The maximum Gasteiger partial charge on any atom is 0.133 e. The molecular formula is C13H23N5. The van der Waals surface area contributed by atoms with E-state index in [0.717, 1.165) is 18.2 Å². The Balaban J connectivity index is 1.97. The summed E-state index contributed by atoms with van der Waals surface area (Å²) in [5.74, 6) is 1.85. The van der Waals surface area contributed by atoms with Gasteiger partial charge in [-0.1, -0.05) is 19.3 Å². The standard InChI is InChI=1S/C13H23N5/c1-18(8-7-14)13-9-12(15-10-16-13)17-11-5-3-2-4-6-11/h9-11H,2-8,14H2,1H3,(H,15,16,17). The number of rotatable bonds is 5. The molecule has 5 nitrogen and oxygen atoms in total. The molecule has 0 saturated heterocycles. The molecule has 3 N–H and O–H groups in total. The van der Waals surface area contributed by atoms with Crippen molar-refractivity contribution in [2.45, 2.75) is 38.1 Å². The molecule has 5 heteroatoms. The van der Waals surface area contributed by atoms with E-state index in [9.17, 15) is 0 Å². The fraction of sp³-hybridized carbons (Fsp3) is 0.692. The summed E-state index contributed by atoms with van der Waals surface area (Å²) in [6.45, 7) is 1.44. The fourth-order valence-electron chi connectivity index (χ4n) is 2.40. The number of hydrogen-bond donors (Lipinski definition) is 2. The van der Waals surface area contributed by atoms with Crippen LogP contribution in [0.2, 0.25) is 0 Å². The first-order valence-corrected chi connectivity index (χ1v) is 6.79. The summed E-state index contributed by atoms with van der Waals surface area (Å²) >= 11 is 0. The van der Waals surface area contributed by atoms with Crippen LogP contribution in [0.25, 0.3) is 0 Å². The molecule has 1 saturated carbocycles. The topological polar surface area (TPSA) is 67.1 Å². The lowest BCUT2D eigenvalue weighted by Crippen LogP contribution is -2.26. The SMILES string of the molecule is CN(CCN)c1cc(NC2CCCCC2)ncn1. The van der Waals surface area contributed by atoms with Gasteiger partial charge in [0.2, 0.25) is 0 Å². The summed E-state index contributed by atoms with van der Waals surface area (Å²) in [5.41, 5.74) is 5.55. The highest BCUT2D eigenvalue weighted by Gasteiger charge is 2.14. The molecule has 0 radical (unpaired) electrons. The van der Waals surface area contributed by atoms with Gasteiger partial charge >= 0.3 is 0 Å². The number of nitrogens with zero attached hydrogens (tertiary/aromatic N) is 3. The van der Waals surface area contributed by atoms with Crippen molar-refractivity contribution in [3.63, 3.8) is 0 Å². The molecule has 0 unspecified atom stereocenters. The molecule has 100 valence electrons. The highest BCUT2D eigenvalue weighted by Crippen LogP contribution is 2.21. The molecule has 0 amide bonds. The highest BCUT2D eigenvalue weighted by atomic mass is 15.2. The second-order valence-electron chi connectivity index (χ2n) is 4.95. The molecule has 1 fully saturated rings. The summed E-state index contributed by atoms with van der Waals surface area (Å²) in [6, 6.07) is 2.57. The summed E-state index contributed by atoms with van der Waals surface area (Å²) in [7, 11) is 2.00. The van der Waals surface area contributed by atoms with Gasteiger partial charge in [-0.15, -0.1) is 0 Å². The van der Waals surface area contributed by atoms with Gasteiger partial charge in [-0.25, -0.2) is 9.97 Å². The van der Waals surface area contributed by atoms with Crippen LogP contribution in [0.15, 0.2) is 12.4 Å². The normalized spacial score (nSPS) is 16.6. The summed E-state index contributed by atoms with van der Waals surface area (Å²) in [4.78, 5) is 10.6. The van der Waals surface area contributed by atoms with Gasteiger partial charge in [0.05, 0.1) is 0 Å². The molecular weight excluding hydrogens is 226 g/mol. The summed E-state index contributed by atoms with van der Waals surface area (Å²) in [5, 5.41) is 3.51. The Morgan fingerprint density at radius 2 is 2.11 bits per heavy atom. The molecule has 0 bridgehead atoms. The quantitative estimate of drug-likeness (QED) is 0.830. The minimum absolute atomic E-state index is 0.571. The smallest absolute Gasteiger partial charge is 0.133 e. The minimum atomic E-state index is 0.571. The molecule has 1 aromatic heterocycles. The van der Waals surface area contributed by atoms with E-state index in [-0.39, 0.29) is 0 Å². The Morgan fingerprint density at radius 1 is 1.33 bits per heavy atom. The van der Waals surface area contributed by atoms with Crippen LogP contribution in [0.4, 0.5) is 11.6 Å². The lowest BCUT2D eigenvalue weighted by Gasteiger charge is -2.24. The summed E-state index contributed by atoms with van der Waals surface area (Å²) < 4.78 is 0. The number of aromatic nitrogens is 2. The van der Waals surface area contributed by atoms with Crippen LogP contribution < -0.4 is 16.0 Å². The third-order valence-corrected chi connectivity index (χ3v) is 3.47. The van der Waals surface area contributed by atoms with Gasteiger partial charge in [-0.05, 0) is 12.8 Å². The molecule has 2 rings (SSSR count). The van der Waals surface area contributed by atoms with Crippen molar-refractivity contribution in [2.24, 2.45) is 5.73 Å². The fourth-order valence-corrected chi connectivity index (χ4v) is 2.40. The van der Waals surface area contributed by atoms with Gasteiger partial charge in [0.25, 0.3) is 0 Å². The van der Waals surface area contributed by atoms with E-state index in [1.54, 1.807) is 6.33 Å². The highest BCUT2D eigenvalue weighted by molar-refractivity contribution is 5.48. The molecule has 1 aliphatic carbocycles. The van der Waals surface area contributed by atoms with Crippen molar-refractivity contribution in [1.29, 1.82) is 0 Å². The Bertz CT molecular complexity index is 362. The van der Waals surface area contributed by atoms with Crippen LogP contribution in [-0.4, -0.2) is 36.1 Å². The zero-order chi connectivity index (χ0) is 12.8. The lowest BCUT2D eigenvalue weighted by molar-refractivity contribution is 0.462. The van der Waals surface area contributed by atoms with Crippen LogP contribution in [0.3, 0.4) is 0 Å². The van der Waals surface area contributed by atoms with E-state index in [1.165, 1.54) is 32.1 Å². The predicted octanol–water partition coefficient (Wildman–Crippen LogP) is 1.62. The predicted molar refractivity (Wildman–Crippen MR) is 74.9 cm³/mol. The van der Waals surface area contributed by atoms with Gasteiger partial charge in [0, 0.05) is 32.2 Å². The molecule has 1 aromatic rings. The molecule has 18 heavy (non-hydrogen) atoms. The number of nitrogens with one attached hydrogen (secondary N) is 1. The molecule has 0 aliphatic heterocycles. The van der Waals surface area contributed by atoms with Crippen LogP contribution in [0, 0.1) is 0 Å². The van der Waals surface area contributed by atoms with E-state index in [2.05, 4.69) is 15.3 Å². The zero-order valence-corrected chi connectivity index (χ0v) is 11.1. The average Bonchev–Trinajstić information content (AvgIpc) is 2.40. The third kappa shape index (κ3) is 3.57. The molecule has 1 aliphatic rings. The molecule has 0 spiro atoms. The van der Waals surface area contributed by atoms with Crippen LogP contribution in [0.1, 0.15) is 32.1 Å². The Morgan fingerprint density at radius 3 is 2.83 bits per heavy atom. The Labute approximate surface area is 109 Å². The molecule has 0 atom stereocenters. The minimum Gasteiger partial charge on any atom is -0.367 e. The Kier molecular flexibility index (Phi) is 4.75. The van der Waals surface area contributed by atoms with E-state index < -0.39 is 0 Å². The van der Waals surface area contributed by atoms with Crippen LogP contribution in [-0.2, 0) is 0 Å².